The van der Waals surface area contributed by atoms with E-state index in [1.54, 1.807) is 6.20 Å². The molecule has 0 radical (unpaired) electrons. The molecule has 1 aromatic carbocycles. The molecule has 0 aliphatic heterocycles. The molecule has 0 spiro atoms. The maximum Gasteiger partial charge on any atom is 0.166 e. The van der Waals surface area contributed by atoms with Gasteiger partial charge in [0.2, 0.25) is 0 Å². The summed E-state index contributed by atoms with van der Waals surface area (Å²) in [6.07, 6.45) is 3.77. The molecule has 0 aliphatic rings. The molecule has 2 N–H and O–H groups in total. The fourth-order valence-electron chi connectivity index (χ4n) is 2.12. The summed E-state index contributed by atoms with van der Waals surface area (Å²) < 4.78 is 1.93. The molecule has 22 heavy (non-hydrogen) atoms. The van der Waals surface area contributed by atoms with E-state index < -0.39 is 0 Å². The normalized spacial score (nSPS) is 12.7. The van der Waals surface area contributed by atoms with Crippen molar-refractivity contribution in [1.82, 2.24) is 20.4 Å². The molecule has 0 amide bonds. The Hall–Kier alpha value is -1.88. The number of benzene rings is 1. The zero-order chi connectivity index (χ0) is 16.0. The van der Waals surface area contributed by atoms with Crippen LogP contribution in [0.1, 0.15) is 26.3 Å². The molecule has 0 bridgehead atoms. The minimum absolute atomic E-state index is 0.0738. The molecule has 1 atom stereocenters. The SMILES string of the molecule is CC(C)(C)C(Cn1cccn1)NC(=S)NCc1ccccc1. The summed E-state index contributed by atoms with van der Waals surface area (Å²) in [5.41, 5.74) is 1.29. The number of hydrogen-bond acceptors (Lipinski definition) is 2. The maximum absolute atomic E-state index is 5.44. The van der Waals surface area contributed by atoms with E-state index in [9.17, 15) is 0 Å². The lowest BCUT2D eigenvalue weighted by molar-refractivity contribution is 0.260. The van der Waals surface area contributed by atoms with Crippen LogP contribution < -0.4 is 10.6 Å². The summed E-state index contributed by atoms with van der Waals surface area (Å²) in [5.74, 6) is 0. The lowest BCUT2D eigenvalue weighted by Crippen LogP contribution is -2.49. The lowest BCUT2D eigenvalue weighted by atomic mass is 9.87. The summed E-state index contributed by atoms with van der Waals surface area (Å²) in [7, 11) is 0. The maximum atomic E-state index is 5.44. The Morgan fingerprint density at radius 3 is 2.55 bits per heavy atom. The summed E-state index contributed by atoms with van der Waals surface area (Å²) in [6.45, 7) is 8.12. The predicted octanol–water partition coefficient (Wildman–Crippen LogP) is 2.96. The molecule has 2 aromatic rings. The van der Waals surface area contributed by atoms with Crippen LogP contribution in [0.2, 0.25) is 0 Å². The van der Waals surface area contributed by atoms with E-state index in [0.29, 0.717) is 5.11 Å². The van der Waals surface area contributed by atoms with Gasteiger partial charge in [-0.25, -0.2) is 0 Å². The van der Waals surface area contributed by atoms with Crippen LogP contribution in [0.5, 0.6) is 0 Å². The van der Waals surface area contributed by atoms with Crippen LogP contribution in [0.3, 0.4) is 0 Å². The van der Waals surface area contributed by atoms with Crippen molar-refractivity contribution < 1.29 is 0 Å². The van der Waals surface area contributed by atoms with E-state index in [0.717, 1.165) is 13.1 Å². The first-order valence-electron chi connectivity index (χ1n) is 7.51. The Morgan fingerprint density at radius 2 is 1.95 bits per heavy atom. The van der Waals surface area contributed by atoms with Gasteiger partial charge in [-0.3, -0.25) is 4.68 Å². The third kappa shape index (κ3) is 5.15. The van der Waals surface area contributed by atoms with Crippen LogP contribution >= 0.6 is 12.2 Å². The monoisotopic (exact) mass is 316 g/mol. The first-order valence-corrected chi connectivity index (χ1v) is 7.92. The summed E-state index contributed by atoms with van der Waals surface area (Å²) in [6, 6.07) is 12.4. The molecule has 118 valence electrons. The summed E-state index contributed by atoms with van der Waals surface area (Å²) >= 11 is 5.44. The van der Waals surface area contributed by atoms with Gasteiger partial charge in [-0.15, -0.1) is 0 Å². The third-order valence-electron chi connectivity index (χ3n) is 3.58. The van der Waals surface area contributed by atoms with Crippen molar-refractivity contribution in [3.05, 3.63) is 54.4 Å². The second-order valence-electron chi connectivity index (χ2n) is 6.46. The van der Waals surface area contributed by atoms with Crippen molar-refractivity contribution in [2.75, 3.05) is 0 Å². The van der Waals surface area contributed by atoms with E-state index in [4.69, 9.17) is 12.2 Å². The van der Waals surface area contributed by atoms with Crippen molar-refractivity contribution in [3.63, 3.8) is 0 Å². The molecular weight excluding hydrogens is 292 g/mol. The largest absolute Gasteiger partial charge is 0.359 e. The molecule has 2 rings (SSSR count). The molecule has 1 aromatic heterocycles. The average Bonchev–Trinajstić information content (AvgIpc) is 2.98. The van der Waals surface area contributed by atoms with Crippen molar-refractivity contribution in [2.45, 2.75) is 39.9 Å². The Bertz CT molecular complexity index is 572. The first kappa shape index (κ1) is 16.5. The molecule has 0 saturated heterocycles. The molecule has 1 heterocycles. The predicted molar refractivity (Wildman–Crippen MR) is 94.5 cm³/mol. The van der Waals surface area contributed by atoms with E-state index in [2.05, 4.69) is 48.6 Å². The van der Waals surface area contributed by atoms with E-state index >= 15 is 0 Å². The van der Waals surface area contributed by atoms with E-state index in [-0.39, 0.29) is 11.5 Å². The lowest BCUT2D eigenvalue weighted by Gasteiger charge is -2.32. The van der Waals surface area contributed by atoms with Crippen molar-refractivity contribution >= 4 is 17.3 Å². The Balaban J connectivity index is 1.90. The molecule has 4 nitrogen and oxygen atoms in total. The number of thiocarbonyl (C=S) groups is 1. The molecule has 5 heteroatoms. The minimum Gasteiger partial charge on any atom is -0.359 e. The Morgan fingerprint density at radius 1 is 1.23 bits per heavy atom. The summed E-state index contributed by atoms with van der Waals surface area (Å²) in [4.78, 5) is 0. The number of nitrogens with one attached hydrogen (secondary N) is 2. The second-order valence-corrected chi connectivity index (χ2v) is 6.87. The molecule has 0 aliphatic carbocycles. The highest BCUT2D eigenvalue weighted by molar-refractivity contribution is 7.80. The Kier molecular flexibility index (Phi) is 5.55. The van der Waals surface area contributed by atoms with E-state index in [1.165, 1.54) is 5.56 Å². The van der Waals surface area contributed by atoms with E-state index in [1.807, 2.05) is 35.1 Å². The molecule has 1 unspecified atom stereocenters. The van der Waals surface area contributed by atoms with Crippen LogP contribution in [0.4, 0.5) is 0 Å². The quantitative estimate of drug-likeness (QED) is 0.832. The minimum atomic E-state index is 0.0738. The highest BCUT2D eigenvalue weighted by atomic mass is 32.1. The smallest absolute Gasteiger partial charge is 0.166 e. The molecular formula is C17H24N4S. The van der Waals surface area contributed by atoms with Crippen LogP contribution in [-0.4, -0.2) is 20.9 Å². The van der Waals surface area contributed by atoms with Gasteiger partial charge in [0.15, 0.2) is 5.11 Å². The zero-order valence-corrected chi connectivity index (χ0v) is 14.2. The number of hydrogen-bond donors (Lipinski definition) is 2. The summed E-state index contributed by atoms with van der Waals surface area (Å²) in [5, 5.41) is 11.7. The number of aromatic nitrogens is 2. The first-order chi connectivity index (χ1) is 10.4. The van der Waals surface area contributed by atoms with Crippen LogP contribution in [0.15, 0.2) is 48.8 Å². The Labute approximate surface area is 137 Å². The van der Waals surface area contributed by atoms with Gasteiger partial charge >= 0.3 is 0 Å². The number of nitrogens with zero attached hydrogens (tertiary/aromatic N) is 2. The van der Waals surface area contributed by atoms with Crippen LogP contribution in [0, 0.1) is 5.41 Å². The van der Waals surface area contributed by atoms with Gasteiger partial charge in [0.25, 0.3) is 0 Å². The van der Waals surface area contributed by atoms with Gasteiger partial charge in [-0.1, -0.05) is 51.1 Å². The van der Waals surface area contributed by atoms with Crippen LogP contribution in [-0.2, 0) is 13.1 Å². The van der Waals surface area contributed by atoms with Crippen molar-refractivity contribution in [3.8, 4) is 0 Å². The molecule has 0 fully saturated rings. The number of rotatable bonds is 5. The highest BCUT2D eigenvalue weighted by Gasteiger charge is 2.25. The zero-order valence-electron chi connectivity index (χ0n) is 13.4. The van der Waals surface area contributed by atoms with Gasteiger partial charge in [-0.2, -0.15) is 5.10 Å². The fraction of sp³-hybridized carbons (Fsp3) is 0.412. The van der Waals surface area contributed by atoms with Crippen molar-refractivity contribution in [1.29, 1.82) is 0 Å². The second kappa shape index (κ2) is 7.40. The highest BCUT2D eigenvalue weighted by Crippen LogP contribution is 2.20. The molecule has 0 saturated carbocycles. The fourth-order valence-corrected chi connectivity index (χ4v) is 2.33. The van der Waals surface area contributed by atoms with Gasteiger partial charge < -0.3 is 10.6 Å². The van der Waals surface area contributed by atoms with Crippen molar-refractivity contribution in [2.24, 2.45) is 5.41 Å². The van der Waals surface area contributed by atoms with Gasteiger partial charge in [-0.05, 0) is 29.3 Å². The van der Waals surface area contributed by atoms with Gasteiger partial charge in [0.1, 0.15) is 0 Å². The van der Waals surface area contributed by atoms with Crippen LogP contribution in [0.25, 0.3) is 0 Å². The topological polar surface area (TPSA) is 41.9 Å². The average molecular weight is 316 g/mol. The third-order valence-corrected chi connectivity index (χ3v) is 3.84. The standard InChI is InChI=1S/C17H24N4S/c1-17(2,3)15(13-21-11-7-10-19-21)20-16(22)18-12-14-8-5-4-6-9-14/h4-11,15H,12-13H2,1-3H3,(H2,18,20,22). The van der Waals surface area contributed by atoms with Gasteiger partial charge in [0.05, 0.1) is 12.6 Å². The van der Waals surface area contributed by atoms with Gasteiger partial charge in [0, 0.05) is 18.9 Å².